The molecule has 0 bridgehead atoms. The van der Waals surface area contributed by atoms with E-state index in [0.717, 1.165) is 5.56 Å². The van der Waals surface area contributed by atoms with Crippen molar-refractivity contribution in [3.05, 3.63) is 69.8 Å². The molecule has 2 aromatic carbocycles. The quantitative estimate of drug-likeness (QED) is 0.661. The number of hydrogen-bond donors (Lipinski definition) is 1. The van der Waals surface area contributed by atoms with Crippen LogP contribution in [0.3, 0.4) is 0 Å². The minimum atomic E-state index is -0.382. The summed E-state index contributed by atoms with van der Waals surface area (Å²) in [4.78, 5) is 24.5. The van der Waals surface area contributed by atoms with Crippen LogP contribution in [-0.2, 0) is 11.3 Å². The van der Waals surface area contributed by atoms with Crippen LogP contribution in [0.1, 0.15) is 24.5 Å². The molecule has 0 saturated carbocycles. The zero-order chi connectivity index (χ0) is 18.7. The van der Waals surface area contributed by atoms with Gasteiger partial charge in [-0.1, -0.05) is 43.3 Å². The summed E-state index contributed by atoms with van der Waals surface area (Å²) < 4.78 is 0. The van der Waals surface area contributed by atoms with Crippen molar-refractivity contribution in [2.24, 2.45) is 11.0 Å². The van der Waals surface area contributed by atoms with E-state index in [1.807, 2.05) is 55.3 Å². The lowest BCUT2D eigenvalue weighted by Crippen LogP contribution is -2.32. The Morgan fingerprint density at radius 1 is 1.27 bits per heavy atom. The summed E-state index contributed by atoms with van der Waals surface area (Å²) in [6.07, 6.45) is 0.322. The second kappa shape index (κ2) is 7.35. The molecule has 0 fully saturated rings. The smallest absolute Gasteiger partial charge is 0.293 e. The van der Waals surface area contributed by atoms with Crippen LogP contribution in [0.15, 0.2) is 53.6 Å². The van der Waals surface area contributed by atoms with Crippen LogP contribution in [0.4, 0.5) is 11.4 Å². The Bertz CT molecular complexity index is 864. The van der Waals surface area contributed by atoms with Crippen LogP contribution in [0.2, 0.25) is 0 Å². The highest BCUT2D eigenvalue weighted by molar-refractivity contribution is 6.06. The molecule has 7 heteroatoms. The molecule has 1 atom stereocenters. The summed E-state index contributed by atoms with van der Waals surface area (Å²) in [5.41, 5.74) is 5.39. The van der Waals surface area contributed by atoms with Gasteiger partial charge in [0.15, 0.2) is 0 Å². The van der Waals surface area contributed by atoms with Crippen LogP contribution >= 0.6 is 0 Å². The van der Waals surface area contributed by atoms with Crippen molar-refractivity contribution in [3.63, 3.8) is 0 Å². The zero-order valence-corrected chi connectivity index (χ0v) is 14.7. The Labute approximate surface area is 151 Å². The van der Waals surface area contributed by atoms with Gasteiger partial charge in [0, 0.05) is 37.6 Å². The van der Waals surface area contributed by atoms with Crippen molar-refractivity contribution in [3.8, 4) is 0 Å². The van der Waals surface area contributed by atoms with E-state index in [9.17, 15) is 14.9 Å². The monoisotopic (exact) mass is 352 g/mol. The van der Waals surface area contributed by atoms with Gasteiger partial charge < -0.3 is 4.90 Å². The molecule has 1 aliphatic rings. The van der Waals surface area contributed by atoms with E-state index < -0.39 is 0 Å². The highest BCUT2D eigenvalue weighted by atomic mass is 16.6. The number of nitro groups is 1. The molecular weight excluding hydrogens is 332 g/mol. The number of hydrogen-bond acceptors (Lipinski definition) is 5. The molecule has 26 heavy (non-hydrogen) atoms. The number of nitro benzene ring substituents is 1. The molecular formula is C19H20N4O3. The van der Waals surface area contributed by atoms with Crippen molar-refractivity contribution >= 4 is 23.0 Å². The number of amides is 1. The van der Waals surface area contributed by atoms with E-state index in [4.69, 9.17) is 0 Å². The second-order valence-corrected chi connectivity index (χ2v) is 6.44. The summed E-state index contributed by atoms with van der Waals surface area (Å²) in [7, 11) is 1.83. The van der Waals surface area contributed by atoms with Gasteiger partial charge in [-0.15, -0.1) is 0 Å². The maximum atomic E-state index is 11.6. The van der Waals surface area contributed by atoms with E-state index in [-0.39, 0.29) is 22.4 Å². The number of hydrazone groups is 1. The van der Waals surface area contributed by atoms with E-state index >= 15 is 0 Å². The molecule has 1 aliphatic heterocycles. The number of nitrogens with zero attached hydrogens (tertiary/aromatic N) is 3. The molecule has 7 nitrogen and oxygen atoms in total. The lowest BCUT2D eigenvalue weighted by Gasteiger charge is -2.22. The van der Waals surface area contributed by atoms with E-state index in [2.05, 4.69) is 10.5 Å². The molecule has 1 amide bonds. The number of carbonyl (C=O) groups is 1. The number of carbonyl (C=O) groups excluding carboxylic acids is 1. The third-order valence-electron chi connectivity index (χ3n) is 4.40. The van der Waals surface area contributed by atoms with Gasteiger partial charge in [-0.2, -0.15) is 5.10 Å². The van der Waals surface area contributed by atoms with Gasteiger partial charge in [0.1, 0.15) is 5.69 Å². The van der Waals surface area contributed by atoms with Gasteiger partial charge in [-0.3, -0.25) is 14.9 Å². The third-order valence-corrected chi connectivity index (χ3v) is 4.40. The molecule has 0 spiro atoms. The highest BCUT2D eigenvalue weighted by Crippen LogP contribution is 2.31. The van der Waals surface area contributed by atoms with Gasteiger partial charge in [0.05, 0.1) is 10.6 Å². The zero-order valence-electron chi connectivity index (χ0n) is 14.7. The molecule has 1 heterocycles. The summed E-state index contributed by atoms with van der Waals surface area (Å²) in [5.74, 6) is -0.230. The fraction of sp³-hybridized carbons (Fsp3) is 0.263. The van der Waals surface area contributed by atoms with Gasteiger partial charge in [0.2, 0.25) is 5.91 Å². The first-order valence-electron chi connectivity index (χ1n) is 8.36. The third kappa shape index (κ3) is 3.72. The molecule has 1 N–H and O–H groups in total. The number of nitrogens with one attached hydrogen (secondary N) is 1. The SMILES string of the molecule is CC1CC(=O)NN=C1c1ccc(N(C)Cc2ccccc2)c([N+](=O)[O-])c1. The molecule has 0 aromatic heterocycles. The Kier molecular flexibility index (Phi) is 4.97. The Hall–Kier alpha value is -3.22. The molecule has 0 aliphatic carbocycles. The number of benzene rings is 2. The lowest BCUT2D eigenvalue weighted by molar-refractivity contribution is -0.384. The van der Waals surface area contributed by atoms with Crippen LogP contribution in [0.5, 0.6) is 0 Å². The van der Waals surface area contributed by atoms with Gasteiger partial charge in [-0.05, 0) is 11.6 Å². The van der Waals surface area contributed by atoms with Gasteiger partial charge in [-0.25, -0.2) is 5.43 Å². The maximum absolute atomic E-state index is 11.6. The van der Waals surface area contributed by atoms with Crippen LogP contribution in [0, 0.1) is 16.0 Å². The normalized spacial score (nSPS) is 16.6. The summed E-state index contributed by atoms with van der Waals surface area (Å²) in [6, 6.07) is 14.9. The molecule has 0 radical (unpaired) electrons. The van der Waals surface area contributed by atoms with E-state index in [1.54, 1.807) is 6.07 Å². The van der Waals surface area contributed by atoms with Crippen molar-refractivity contribution in [2.75, 3.05) is 11.9 Å². The van der Waals surface area contributed by atoms with Crippen molar-refractivity contribution in [1.29, 1.82) is 0 Å². The Balaban J connectivity index is 1.92. The highest BCUT2D eigenvalue weighted by Gasteiger charge is 2.25. The predicted octanol–water partition coefficient (Wildman–Crippen LogP) is 3.09. The first-order chi connectivity index (χ1) is 12.5. The topological polar surface area (TPSA) is 87.8 Å². The summed E-state index contributed by atoms with van der Waals surface area (Å²) in [6.45, 7) is 2.45. The predicted molar refractivity (Wildman–Crippen MR) is 100 cm³/mol. The van der Waals surface area contributed by atoms with E-state index in [0.29, 0.717) is 29.9 Å². The van der Waals surface area contributed by atoms with E-state index in [1.165, 1.54) is 6.07 Å². The molecule has 1 unspecified atom stereocenters. The van der Waals surface area contributed by atoms with Crippen molar-refractivity contribution < 1.29 is 9.72 Å². The number of anilines is 1. The fourth-order valence-electron chi connectivity index (χ4n) is 3.10. The summed E-state index contributed by atoms with van der Waals surface area (Å²) >= 11 is 0. The molecule has 0 saturated heterocycles. The maximum Gasteiger partial charge on any atom is 0.293 e. The van der Waals surface area contributed by atoms with Crippen LogP contribution in [0.25, 0.3) is 0 Å². The molecule has 134 valence electrons. The summed E-state index contributed by atoms with van der Waals surface area (Å²) in [5, 5.41) is 15.7. The van der Waals surface area contributed by atoms with Crippen molar-refractivity contribution in [2.45, 2.75) is 19.9 Å². The van der Waals surface area contributed by atoms with Crippen molar-refractivity contribution in [1.82, 2.24) is 5.43 Å². The molecule has 2 aromatic rings. The number of rotatable bonds is 5. The second-order valence-electron chi connectivity index (χ2n) is 6.44. The Morgan fingerprint density at radius 3 is 2.65 bits per heavy atom. The van der Waals surface area contributed by atoms with Gasteiger partial charge >= 0.3 is 0 Å². The largest absolute Gasteiger partial charge is 0.365 e. The average Bonchev–Trinajstić information content (AvgIpc) is 2.62. The first kappa shape index (κ1) is 17.6. The lowest BCUT2D eigenvalue weighted by atomic mass is 9.93. The fourth-order valence-corrected chi connectivity index (χ4v) is 3.10. The Morgan fingerprint density at radius 2 is 2.00 bits per heavy atom. The standard InChI is InChI=1S/C19H20N4O3/c1-13-10-18(24)20-21-19(13)15-8-9-16(17(11-15)23(25)26)22(2)12-14-6-4-3-5-7-14/h3-9,11,13H,10,12H2,1-2H3,(H,20,24). The van der Waals surface area contributed by atoms with Crippen LogP contribution in [-0.4, -0.2) is 23.6 Å². The first-order valence-corrected chi connectivity index (χ1v) is 8.36. The average molecular weight is 352 g/mol. The minimum Gasteiger partial charge on any atom is -0.365 e. The van der Waals surface area contributed by atoms with Crippen LogP contribution < -0.4 is 10.3 Å². The molecule has 3 rings (SSSR count). The van der Waals surface area contributed by atoms with Gasteiger partial charge in [0.25, 0.3) is 5.69 Å². The minimum absolute atomic E-state index is 0.0210.